The molecule has 1 saturated carbocycles. The molecule has 98 valence electrons. The van der Waals surface area contributed by atoms with E-state index in [-0.39, 0.29) is 0 Å². The third-order valence-corrected chi connectivity index (χ3v) is 4.33. The van der Waals surface area contributed by atoms with Crippen LogP contribution in [0.4, 0.5) is 5.69 Å². The van der Waals surface area contributed by atoms with Gasteiger partial charge in [0.05, 0.1) is 5.41 Å². The normalized spacial score (nSPS) is 16.3. The minimum Gasteiger partial charge on any atom is -0.481 e. The van der Waals surface area contributed by atoms with Crippen molar-refractivity contribution in [2.45, 2.75) is 24.7 Å². The van der Waals surface area contributed by atoms with Crippen LogP contribution in [-0.4, -0.2) is 30.4 Å². The van der Waals surface area contributed by atoms with Gasteiger partial charge in [0.15, 0.2) is 0 Å². The summed E-state index contributed by atoms with van der Waals surface area (Å²) < 4.78 is 0. The summed E-state index contributed by atoms with van der Waals surface area (Å²) in [6.07, 6.45) is 1.60. The predicted molar refractivity (Wildman–Crippen MR) is 75.4 cm³/mol. The van der Waals surface area contributed by atoms with Gasteiger partial charge in [0.1, 0.15) is 0 Å². The third kappa shape index (κ3) is 2.80. The van der Waals surface area contributed by atoms with Crippen LogP contribution in [0, 0.1) is 5.41 Å². The standard InChI is InChI=1S/C14H19NO2S/c1-3-18-12-6-4-11(5-7-12)15(2)10-14(8-9-14)13(16)17/h4-7H,3,8-10H2,1-2H3,(H,16,17). The zero-order chi connectivity index (χ0) is 13.2. The summed E-state index contributed by atoms with van der Waals surface area (Å²) in [5.74, 6) is 0.407. The first kappa shape index (κ1) is 13.3. The summed E-state index contributed by atoms with van der Waals surface area (Å²) in [4.78, 5) is 14.5. The molecule has 0 amide bonds. The molecular formula is C14H19NO2S. The highest BCUT2D eigenvalue weighted by Crippen LogP contribution is 2.46. The molecule has 0 saturated heterocycles. The summed E-state index contributed by atoms with van der Waals surface area (Å²) in [6, 6.07) is 8.33. The van der Waals surface area contributed by atoms with Crippen molar-refractivity contribution in [3.63, 3.8) is 0 Å². The van der Waals surface area contributed by atoms with E-state index in [0.717, 1.165) is 24.3 Å². The number of aliphatic carboxylic acids is 1. The van der Waals surface area contributed by atoms with E-state index in [1.54, 1.807) is 0 Å². The highest BCUT2D eigenvalue weighted by atomic mass is 32.2. The number of nitrogens with zero attached hydrogens (tertiary/aromatic N) is 1. The van der Waals surface area contributed by atoms with Gasteiger partial charge in [-0.05, 0) is 42.9 Å². The van der Waals surface area contributed by atoms with E-state index in [0.29, 0.717) is 6.54 Å². The average Bonchev–Trinajstić information content (AvgIpc) is 3.11. The van der Waals surface area contributed by atoms with E-state index in [1.165, 1.54) is 4.90 Å². The van der Waals surface area contributed by atoms with Crippen molar-refractivity contribution < 1.29 is 9.90 Å². The molecule has 0 heterocycles. The van der Waals surface area contributed by atoms with Crippen molar-refractivity contribution in [3.8, 4) is 0 Å². The molecule has 0 bridgehead atoms. The molecule has 0 radical (unpaired) electrons. The van der Waals surface area contributed by atoms with E-state index in [1.807, 2.05) is 23.7 Å². The molecule has 1 aliphatic rings. The average molecular weight is 265 g/mol. The smallest absolute Gasteiger partial charge is 0.311 e. The fourth-order valence-electron chi connectivity index (χ4n) is 2.10. The fraction of sp³-hybridized carbons (Fsp3) is 0.500. The summed E-state index contributed by atoms with van der Waals surface area (Å²) in [7, 11) is 1.96. The molecule has 3 nitrogen and oxygen atoms in total. The van der Waals surface area contributed by atoms with Crippen molar-refractivity contribution in [2.75, 3.05) is 24.2 Å². The van der Waals surface area contributed by atoms with Crippen LogP contribution in [0.2, 0.25) is 0 Å². The number of hydrogen-bond acceptors (Lipinski definition) is 3. The number of benzene rings is 1. The Balaban J connectivity index is 2.00. The second-order valence-electron chi connectivity index (χ2n) is 4.87. The van der Waals surface area contributed by atoms with Gasteiger partial charge >= 0.3 is 5.97 Å². The van der Waals surface area contributed by atoms with Crippen molar-refractivity contribution >= 4 is 23.4 Å². The molecule has 0 aromatic heterocycles. The molecule has 1 aromatic rings. The lowest BCUT2D eigenvalue weighted by Crippen LogP contribution is -2.31. The van der Waals surface area contributed by atoms with Crippen LogP contribution in [0.25, 0.3) is 0 Å². The Morgan fingerprint density at radius 1 is 1.39 bits per heavy atom. The topological polar surface area (TPSA) is 40.5 Å². The maximum Gasteiger partial charge on any atom is 0.311 e. The van der Waals surface area contributed by atoms with E-state index in [2.05, 4.69) is 31.2 Å². The largest absolute Gasteiger partial charge is 0.481 e. The van der Waals surface area contributed by atoms with Crippen LogP contribution in [-0.2, 0) is 4.79 Å². The molecule has 1 aliphatic carbocycles. The number of anilines is 1. The third-order valence-electron chi connectivity index (χ3n) is 3.44. The number of hydrogen-bond donors (Lipinski definition) is 1. The van der Waals surface area contributed by atoms with Crippen LogP contribution in [0.5, 0.6) is 0 Å². The van der Waals surface area contributed by atoms with Gasteiger partial charge in [-0.25, -0.2) is 0 Å². The zero-order valence-corrected chi connectivity index (χ0v) is 11.7. The van der Waals surface area contributed by atoms with Crippen molar-refractivity contribution in [1.29, 1.82) is 0 Å². The van der Waals surface area contributed by atoms with Crippen LogP contribution in [0.15, 0.2) is 29.2 Å². The predicted octanol–water partition coefficient (Wildman–Crippen LogP) is 3.10. The second kappa shape index (κ2) is 5.22. The molecule has 1 fully saturated rings. The van der Waals surface area contributed by atoms with Crippen LogP contribution in [0.1, 0.15) is 19.8 Å². The first-order valence-electron chi connectivity index (χ1n) is 6.25. The molecule has 0 unspecified atom stereocenters. The van der Waals surface area contributed by atoms with Crippen LogP contribution in [0.3, 0.4) is 0 Å². The lowest BCUT2D eigenvalue weighted by atomic mass is 10.1. The Bertz CT molecular complexity index is 426. The molecular weight excluding hydrogens is 246 g/mol. The van der Waals surface area contributed by atoms with Gasteiger partial charge in [-0.15, -0.1) is 11.8 Å². The molecule has 0 spiro atoms. The maximum absolute atomic E-state index is 11.2. The van der Waals surface area contributed by atoms with Gasteiger partial charge in [0.2, 0.25) is 0 Å². The van der Waals surface area contributed by atoms with Gasteiger partial charge in [0.25, 0.3) is 0 Å². The van der Waals surface area contributed by atoms with E-state index < -0.39 is 11.4 Å². The van der Waals surface area contributed by atoms with E-state index in [4.69, 9.17) is 0 Å². The summed E-state index contributed by atoms with van der Waals surface area (Å²) in [6.45, 7) is 2.73. The lowest BCUT2D eigenvalue weighted by Gasteiger charge is -2.23. The Morgan fingerprint density at radius 2 is 2.00 bits per heavy atom. The van der Waals surface area contributed by atoms with Crippen molar-refractivity contribution in [3.05, 3.63) is 24.3 Å². The number of thioether (sulfide) groups is 1. The Kier molecular flexibility index (Phi) is 3.85. The number of carboxylic acid groups (broad SMARTS) is 1. The highest BCUT2D eigenvalue weighted by Gasteiger charge is 2.50. The summed E-state index contributed by atoms with van der Waals surface area (Å²) >= 11 is 1.81. The highest BCUT2D eigenvalue weighted by molar-refractivity contribution is 7.99. The zero-order valence-electron chi connectivity index (χ0n) is 10.8. The van der Waals surface area contributed by atoms with Gasteiger partial charge in [0, 0.05) is 24.2 Å². The maximum atomic E-state index is 11.2. The van der Waals surface area contributed by atoms with Gasteiger partial charge in [-0.1, -0.05) is 6.92 Å². The lowest BCUT2D eigenvalue weighted by molar-refractivity contribution is -0.142. The molecule has 18 heavy (non-hydrogen) atoms. The molecule has 2 rings (SSSR count). The minimum atomic E-state index is -0.660. The van der Waals surface area contributed by atoms with Gasteiger partial charge in [-0.2, -0.15) is 0 Å². The van der Waals surface area contributed by atoms with E-state index in [9.17, 15) is 9.90 Å². The molecule has 0 aliphatic heterocycles. The van der Waals surface area contributed by atoms with Crippen LogP contribution < -0.4 is 4.90 Å². The van der Waals surface area contributed by atoms with E-state index >= 15 is 0 Å². The quantitative estimate of drug-likeness (QED) is 0.802. The SMILES string of the molecule is CCSc1ccc(N(C)CC2(C(=O)O)CC2)cc1. The summed E-state index contributed by atoms with van der Waals surface area (Å²) in [5, 5.41) is 9.18. The Labute approximate surface area is 112 Å². The molecule has 1 N–H and O–H groups in total. The molecule has 4 heteroatoms. The monoisotopic (exact) mass is 265 g/mol. The second-order valence-corrected chi connectivity index (χ2v) is 6.21. The summed E-state index contributed by atoms with van der Waals surface area (Å²) in [5.41, 5.74) is 0.592. The Hall–Kier alpha value is -1.16. The number of carbonyl (C=O) groups is 1. The first-order valence-corrected chi connectivity index (χ1v) is 7.23. The number of carboxylic acids is 1. The first-order chi connectivity index (χ1) is 8.57. The van der Waals surface area contributed by atoms with Crippen LogP contribution >= 0.6 is 11.8 Å². The molecule has 0 atom stereocenters. The van der Waals surface area contributed by atoms with Crippen molar-refractivity contribution in [2.24, 2.45) is 5.41 Å². The molecule has 1 aromatic carbocycles. The van der Waals surface area contributed by atoms with Crippen molar-refractivity contribution in [1.82, 2.24) is 0 Å². The Morgan fingerprint density at radius 3 is 2.44 bits per heavy atom. The fourth-order valence-corrected chi connectivity index (χ4v) is 2.76. The number of rotatable bonds is 6. The van der Waals surface area contributed by atoms with Gasteiger partial charge < -0.3 is 10.0 Å². The minimum absolute atomic E-state index is 0.494. The van der Waals surface area contributed by atoms with Gasteiger partial charge in [-0.3, -0.25) is 4.79 Å².